The Kier molecular flexibility index (Phi) is 3.76. The van der Waals surface area contributed by atoms with Crippen LogP contribution in [0.2, 0.25) is 0 Å². The molecule has 0 saturated carbocycles. The fraction of sp³-hybridized carbons (Fsp3) is 0.200. The van der Waals surface area contributed by atoms with E-state index in [-0.39, 0.29) is 5.54 Å². The number of rotatable bonds is 4. The van der Waals surface area contributed by atoms with Crippen molar-refractivity contribution in [1.29, 1.82) is 0 Å². The van der Waals surface area contributed by atoms with E-state index in [2.05, 4.69) is 73.7 Å². The molecule has 0 spiro atoms. The largest absolute Gasteiger partial charge is 0.325 e. The topological polar surface area (TPSA) is 26.0 Å². The van der Waals surface area contributed by atoms with E-state index in [1.807, 2.05) is 6.07 Å². The van der Waals surface area contributed by atoms with Crippen LogP contribution in [0, 0.1) is 0 Å². The molecule has 0 aliphatic carbocycles. The van der Waals surface area contributed by atoms with Crippen LogP contribution in [0.4, 0.5) is 0 Å². The Labute approximate surface area is 126 Å². The van der Waals surface area contributed by atoms with Gasteiger partial charge in [-0.05, 0) is 41.7 Å². The molecule has 0 aromatic heterocycles. The van der Waals surface area contributed by atoms with Gasteiger partial charge in [-0.2, -0.15) is 0 Å². The van der Waals surface area contributed by atoms with Crippen molar-refractivity contribution in [3.05, 3.63) is 83.9 Å². The Morgan fingerprint density at radius 3 is 2.24 bits per heavy atom. The van der Waals surface area contributed by atoms with Crippen LogP contribution in [0.15, 0.2) is 72.8 Å². The number of nitrogens with two attached hydrogens (primary N) is 1. The van der Waals surface area contributed by atoms with Crippen LogP contribution >= 0.6 is 0 Å². The van der Waals surface area contributed by atoms with Crippen molar-refractivity contribution < 1.29 is 0 Å². The van der Waals surface area contributed by atoms with Gasteiger partial charge in [0.2, 0.25) is 0 Å². The molecule has 0 aliphatic heterocycles. The first-order valence-electron chi connectivity index (χ1n) is 7.43. The van der Waals surface area contributed by atoms with E-state index in [0.29, 0.717) is 0 Å². The fourth-order valence-electron chi connectivity index (χ4n) is 3.01. The summed E-state index contributed by atoms with van der Waals surface area (Å²) in [4.78, 5) is 0. The first-order chi connectivity index (χ1) is 10.1. The molecule has 0 radical (unpaired) electrons. The maximum Gasteiger partial charge on any atom is 0.0207 e. The Morgan fingerprint density at radius 1 is 0.762 bits per heavy atom. The Balaban J connectivity index is 1.87. The highest BCUT2D eigenvalue weighted by atomic mass is 14.7. The molecule has 21 heavy (non-hydrogen) atoms. The Morgan fingerprint density at radius 2 is 1.43 bits per heavy atom. The molecule has 2 N–H and O–H groups in total. The summed E-state index contributed by atoms with van der Waals surface area (Å²) in [6, 6.07) is 25.5. The van der Waals surface area contributed by atoms with Crippen LogP contribution in [0.5, 0.6) is 0 Å². The van der Waals surface area contributed by atoms with Gasteiger partial charge in [-0.15, -0.1) is 0 Å². The molecule has 1 unspecified atom stereocenters. The molecule has 3 aromatic rings. The second-order valence-corrected chi connectivity index (χ2v) is 6.13. The third-order valence-corrected chi connectivity index (χ3v) is 3.93. The van der Waals surface area contributed by atoms with Gasteiger partial charge in [0.15, 0.2) is 0 Å². The van der Waals surface area contributed by atoms with E-state index in [1.54, 1.807) is 0 Å². The molecule has 1 atom stereocenters. The summed E-state index contributed by atoms with van der Waals surface area (Å²) in [7, 11) is 0. The van der Waals surface area contributed by atoms with Gasteiger partial charge >= 0.3 is 0 Å². The lowest BCUT2D eigenvalue weighted by molar-refractivity contribution is 0.464. The highest BCUT2D eigenvalue weighted by Crippen LogP contribution is 2.23. The van der Waals surface area contributed by atoms with Gasteiger partial charge in [0.05, 0.1) is 0 Å². The highest BCUT2D eigenvalue weighted by Gasteiger charge is 2.20. The van der Waals surface area contributed by atoms with Crippen molar-refractivity contribution in [2.24, 2.45) is 5.73 Å². The third kappa shape index (κ3) is 3.32. The van der Waals surface area contributed by atoms with E-state index in [9.17, 15) is 0 Å². The molecule has 0 saturated heterocycles. The van der Waals surface area contributed by atoms with E-state index in [4.69, 9.17) is 5.73 Å². The van der Waals surface area contributed by atoms with Crippen molar-refractivity contribution in [2.75, 3.05) is 0 Å². The maximum atomic E-state index is 6.57. The number of hydrogen-bond donors (Lipinski definition) is 1. The fourth-order valence-corrected chi connectivity index (χ4v) is 3.01. The van der Waals surface area contributed by atoms with Gasteiger partial charge in [-0.1, -0.05) is 72.8 Å². The van der Waals surface area contributed by atoms with Crippen molar-refractivity contribution in [2.45, 2.75) is 25.3 Å². The van der Waals surface area contributed by atoms with Crippen molar-refractivity contribution in [3.63, 3.8) is 0 Å². The van der Waals surface area contributed by atoms with Crippen LogP contribution in [0.1, 0.15) is 18.1 Å². The summed E-state index contributed by atoms with van der Waals surface area (Å²) in [6.45, 7) is 2.14. The highest BCUT2D eigenvalue weighted by molar-refractivity contribution is 5.85. The second kappa shape index (κ2) is 5.71. The van der Waals surface area contributed by atoms with E-state index < -0.39 is 0 Å². The van der Waals surface area contributed by atoms with E-state index in [0.717, 1.165) is 12.8 Å². The quantitative estimate of drug-likeness (QED) is 0.753. The zero-order valence-corrected chi connectivity index (χ0v) is 12.4. The van der Waals surface area contributed by atoms with Gasteiger partial charge in [-0.25, -0.2) is 0 Å². The molecule has 3 rings (SSSR count). The molecule has 3 aromatic carbocycles. The number of fused-ring (bicyclic) bond motifs is 1. The first-order valence-corrected chi connectivity index (χ1v) is 7.43. The summed E-state index contributed by atoms with van der Waals surface area (Å²) in [5.41, 5.74) is 8.95. The van der Waals surface area contributed by atoms with Gasteiger partial charge in [0, 0.05) is 5.54 Å². The minimum absolute atomic E-state index is 0.245. The molecular weight excluding hydrogens is 254 g/mol. The summed E-state index contributed by atoms with van der Waals surface area (Å²) < 4.78 is 0. The molecule has 1 nitrogen and oxygen atoms in total. The van der Waals surface area contributed by atoms with Crippen LogP contribution in [0.3, 0.4) is 0 Å². The van der Waals surface area contributed by atoms with Gasteiger partial charge in [0.25, 0.3) is 0 Å². The van der Waals surface area contributed by atoms with Gasteiger partial charge < -0.3 is 5.73 Å². The zero-order valence-electron chi connectivity index (χ0n) is 12.4. The van der Waals surface area contributed by atoms with E-state index in [1.165, 1.54) is 21.9 Å². The number of hydrogen-bond acceptors (Lipinski definition) is 1. The summed E-state index contributed by atoms with van der Waals surface area (Å²) in [5.74, 6) is 0. The normalized spacial score (nSPS) is 14.0. The lowest BCUT2D eigenvalue weighted by atomic mass is 9.86. The smallest absolute Gasteiger partial charge is 0.0207 e. The molecule has 106 valence electrons. The predicted octanol–water partition coefficient (Wildman–Crippen LogP) is 4.34. The standard InChI is InChI=1S/C20H21N/c1-20(21,14-16-8-3-2-4-9-16)15-18-12-7-11-17-10-5-6-13-19(17)18/h2-13H,14-15,21H2,1H3. The van der Waals surface area contributed by atoms with Crippen LogP contribution in [-0.2, 0) is 12.8 Å². The van der Waals surface area contributed by atoms with Crippen LogP contribution < -0.4 is 5.73 Å². The lowest BCUT2D eigenvalue weighted by Crippen LogP contribution is -2.40. The Hall–Kier alpha value is -2.12. The van der Waals surface area contributed by atoms with Crippen LogP contribution in [-0.4, -0.2) is 5.54 Å². The Bertz CT molecular complexity index is 724. The lowest BCUT2D eigenvalue weighted by Gasteiger charge is -2.25. The van der Waals surface area contributed by atoms with Crippen LogP contribution in [0.25, 0.3) is 10.8 Å². The van der Waals surface area contributed by atoms with Gasteiger partial charge in [-0.3, -0.25) is 0 Å². The first kappa shape index (κ1) is 13.8. The van der Waals surface area contributed by atoms with Crippen molar-refractivity contribution in [1.82, 2.24) is 0 Å². The number of benzene rings is 3. The molecule has 0 heterocycles. The molecule has 0 aliphatic rings. The zero-order chi connectivity index (χ0) is 14.7. The third-order valence-electron chi connectivity index (χ3n) is 3.93. The molecule has 0 fully saturated rings. The molecular formula is C20H21N. The predicted molar refractivity (Wildman–Crippen MR) is 90.4 cm³/mol. The average molecular weight is 275 g/mol. The van der Waals surface area contributed by atoms with Crippen molar-refractivity contribution in [3.8, 4) is 0 Å². The molecule has 0 bridgehead atoms. The second-order valence-electron chi connectivity index (χ2n) is 6.13. The van der Waals surface area contributed by atoms with Gasteiger partial charge in [0.1, 0.15) is 0 Å². The minimum atomic E-state index is -0.245. The van der Waals surface area contributed by atoms with Crippen molar-refractivity contribution >= 4 is 10.8 Å². The molecule has 0 amide bonds. The average Bonchev–Trinajstić information content (AvgIpc) is 2.48. The SMILES string of the molecule is CC(N)(Cc1ccccc1)Cc1cccc2ccccc12. The minimum Gasteiger partial charge on any atom is -0.325 e. The summed E-state index contributed by atoms with van der Waals surface area (Å²) in [6.07, 6.45) is 1.76. The maximum absolute atomic E-state index is 6.57. The summed E-state index contributed by atoms with van der Waals surface area (Å²) in [5, 5.41) is 2.59. The monoisotopic (exact) mass is 275 g/mol. The van der Waals surface area contributed by atoms with E-state index >= 15 is 0 Å². The summed E-state index contributed by atoms with van der Waals surface area (Å²) >= 11 is 0. The molecule has 1 heteroatoms.